The maximum Gasteiger partial charge on any atom is 0.119 e. The maximum atomic E-state index is 6.60. The molecule has 180 valence electrons. The van der Waals surface area contributed by atoms with Gasteiger partial charge in [0.1, 0.15) is 49.1 Å². The third kappa shape index (κ3) is 7.42. The highest BCUT2D eigenvalue weighted by molar-refractivity contribution is 5.32. The van der Waals surface area contributed by atoms with Gasteiger partial charge in [-0.1, -0.05) is 24.3 Å². The van der Waals surface area contributed by atoms with E-state index in [1.54, 1.807) is 0 Å². The Labute approximate surface area is 195 Å². The lowest BCUT2D eigenvalue weighted by Crippen LogP contribution is -2.19. The van der Waals surface area contributed by atoms with Crippen LogP contribution in [0.4, 0.5) is 0 Å². The second-order valence-electron chi connectivity index (χ2n) is 7.95. The lowest BCUT2D eigenvalue weighted by Gasteiger charge is -2.24. The standard InChI is InChI=1S/C26H34O7/c1-3-27-13-15-29-21-9-5-19(6-10-21)25(23-17-31-23)33-26(24-18-32-24)20-7-11-22(12-8-20)30-16-14-28-4-2/h5-12,23-26H,3-4,13-18H2,1-2H3. The van der Waals surface area contributed by atoms with Gasteiger partial charge in [0.15, 0.2) is 0 Å². The van der Waals surface area contributed by atoms with E-state index in [0.29, 0.717) is 52.9 Å². The smallest absolute Gasteiger partial charge is 0.119 e. The number of rotatable bonds is 16. The van der Waals surface area contributed by atoms with Crippen LogP contribution in [0.5, 0.6) is 11.5 Å². The Bertz CT molecular complexity index is 746. The third-order valence-electron chi connectivity index (χ3n) is 5.51. The van der Waals surface area contributed by atoms with E-state index >= 15 is 0 Å². The van der Waals surface area contributed by atoms with Gasteiger partial charge >= 0.3 is 0 Å². The summed E-state index contributed by atoms with van der Waals surface area (Å²) in [6.07, 6.45) is -0.230. The fraction of sp³-hybridized carbons (Fsp3) is 0.538. The minimum Gasteiger partial charge on any atom is -0.491 e. The number of epoxide rings is 2. The molecule has 0 aliphatic carbocycles. The second kappa shape index (κ2) is 12.3. The van der Waals surface area contributed by atoms with Gasteiger partial charge in [-0.3, -0.25) is 0 Å². The summed E-state index contributed by atoms with van der Waals surface area (Å²) < 4.78 is 40.0. The van der Waals surface area contributed by atoms with Gasteiger partial charge in [-0.05, 0) is 49.2 Å². The molecule has 7 nitrogen and oxygen atoms in total. The zero-order chi connectivity index (χ0) is 22.9. The summed E-state index contributed by atoms with van der Waals surface area (Å²) in [6.45, 7) is 8.96. The molecule has 0 bridgehead atoms. The van der Waals surface area contributed by atoms with Gasteiger partial charge in [-0.2, -0.15) is 0 Å². The molecule has 0 N–H and O–H groups in total. The van der Waals surface area contributed by atoms with E-state index in [4.69, 9.17) is 33.2 Å². The van der Waals surface area contributed by atoms with Crippen molar-refractivity contribution < 1.29 is 33.2 Å². The average molecular weight is 459 g/mol. The van der Waals surface area contributed by atoms with Crippen LogP contribution in [-0.4, -0.2) is 65.1 Å². The van der Waals surface area contributed by atoms with Crippen molar-refractivity contribution in [2.24, 2.45) is 0 Å². The van der Waals surface area contributed by atoms with Crippen LogP contribution in [0.2, 0.25) is 0 Å². The van der Waals surface area contributed by atoms with Crippen LogP contribution >= 0.6 is 0 Å². The molecule has 0 spiro atoms. The molecule has 4 rings (SSSR count). The molecule has 0 radical (unpaired) electrons. The molecular weight excluding hydrogens is 424 g/mol. The fourth-order valence-electron chi connectivity index (χ4n) is 3.61. The summed E-state index contributed by atoms with van der Waals surface area (Å²) in [4.78, 5) is 0. The second-order valence-corrected chi connectivity index (χ2v) is 7.95. The predicted molar refractivity (Wildman–Crippen MR) is 123 cm³/mol. The van der Waals surface area contributed by atoms with Crippen molar-refractivity contribution >= 4 is 0 Å². The van der Waals surface area contributed by atoms with Gasteiger partial charge in [-0.25, -0.2) is 0 Å². The molecule has 2 fully saturated rings. The highest BCUT2D eigenvalue weighted by atomic mass is 16.6. The van der Waals surface area contributed by atoms with Crippen LogP contribution in [0.15, 0.2) is 48.5 Å². The van der Waals surface area contributed by atoms with Crippen molar-refractivity contribution in [2.75, 3.05) is 52.9 Å². The van der Waals surface area contributed by atoms with Gasteiger partial charge in [0.25, 0.3) is 0 Å². The van der Waals surface area contributed by atoms with E-state index in [-0.39, 0.29) is 24.4 Å². The van der Waals surface area contributed by atoms with Crippen molar-refractivity contribution in [3.05, 3.63) is 59.7 Å². The number of hydrogen-bond donors (Lipinski definition) is 0. The molecule has 7 heteroatoms. The van der Waals surface area contributed by atoms with Crippen LogP contribution in [0, 0.1) is 0 Å². The minimum absolute atomic E-state index is 0.0529. The molecule has 2 aromatic rings. The van der Waals surface area contributed by atoms with Crippen molar-refractivity contribution in [3.63, 3.8) is 0 Å². The van der Waals surface area contributed by atoms with E-state index < -0.39 is 0 Å². The van der Waals surface area contributed by atoms with E-state index in [1.165, 1.54) is 0 Å². The lowest BCUT2D eigenvalue weighted by atomic mass is 10.0. The van der Waals surface area contributed by atoms with Crippen LogP contribution in [0.1, 0.15) is 37.2 Å². The monoisotopic (exact) mass is 458 g/mol. The lowest BCUT2D eigenvalue weighted by molar-refractivity contribution is -0.0419. The largest absolute Gasteiger partial charge is 0.491 e. The Balaban J connectivity index is 1.37. The molecular formula is C26H34O7. The van der Waals surface area contributed by atoms with Gasteiger partial charge < -0.3 is 33.2 Å². The summed E-state index contributed by atoms with van der Waals surface area (Å²) in [6, 6.07) is 16.1. The average Bonchev–Trinajstić information content (AvgIpc) is 3.76. The topological polar surface area (TPSA) is 71.2 Å². The highest BCUT2D eigenvalue weighted by Gasteiger charge is 2.42. The summed E-state index contributed by atoms with van der Waals surface area (Å²) in [7, 11) is 0. The summed E-state index contributed by atoms with van der Waals surface area (Å²) in [5.74, 6) is 1.63. The first kappa shape index (κ1) is 24.0. The molecule has 4 atom stereocenters. The van der Waals surface area contributed by atoms with Crippen LogP contribution < -0.4 is 9.47 Å². The first-order chi connectivity index (χ1) is 16.3. The molecule has 4 unspecified atom stereocenters. The van der Waals surface area contributed by atoms with Gasteiger partial charge in [0, 0.05) is 13.2 Å². The first-order valence-electron chi connectivity index (χ1n) is 11.8. The Morgan fingerprint density at radius 3 is 1.39 bits per heavy atom. The van der Waals surface area contributed by atoms with Crippen molar-refractivity contribution in [3.8, 4) is 11.5 Å². The summed E-state index contributed by atoms with van der Waals surface area (Å²) >= 11 is 0. The van der Waals surface area contributed by atoms with Crippen LogP contribution in [0.3, 0.4) is 0 Å². The Hall–Kier alpha value is -2.16. The predicted octanol–water partition coefficient (Wildman–Crippen LogP) is 4.11. The Morgan fingerprint density at radius 1 is 0.667 bits per heavy atom. The summed E-state index contributed by atoms with van der Waals surface area (Å²) in [5, 5.41) is 0. The van der Waals surface area contributed by atoms with Crippen molar-refractivity contribution in [2.45, 2.75) is 38.3 Å². The van der Waals surface area contributed by atoms with E-state index in [2.05, 4.69) is 0 Å². The molecule has 2 heterocycles. The number of ether oxygens (including phenoxy) is 7. The third-order valence-corrected chi connectivity index (χ3v) is 5.51. The molecule has 2 aliphatic rings. The van der Waals surface area contributed by atoms with Crippen LogP contribution in [-0.2, 0) is 23.7 Å². The minimum atomic E-state index is -0.168. The molecule has 2 aliphatic heterocycles. The SMILES string of the molecule is CCOCCOc1ccc(C(OC(c2ccc(OCCOCC)cc2)C2CO2)C2CO2)cc1. The maximum absolute atomic E-state index is 6.60. The number of benzene rings is 2. The Kier molecular flexibility index (Phi) is 8.97. The zero-order valence-corrected chi connectivity index (χ0v) is 19.4. The van der Waals surface area contributed by atoms with Gasteiger partial charge in [0.05, 0.1) is 26.4 Å². The fourth-order valence-corrected chi connectivity index (χ4v) is 3.61. The Morgan fingerprint density at radius 2 is 1.06 bits per heavy atom. The van der Waals surface area contributed by atoms with E-state index in [0.717, 1.165) is 22.6 Å². The highest BCUT2D eigenvalue weighted by Crippen LogP contribution is 2.40. The quantitative estimate of drug-likeness (QED) is 0.277. The summed E-state index contributed by atoms with van der Waals surface area (Å²) in [5.41, 5.74) is 2.13. The van der Waals surface area contributed by atoms with Gasteiger partial charge in [0.2, 0.25) is 0 Å². The van der Waals surface area contributed by atoms with E-state index in [9.17, 15) is 0 Å². The van der Waals surface area contributed by atoms with Gasteiger partial charge in [-0.15, -0.1) is 0 Å². The molecule has 33 heavy (non-hydrogen) atoms. The van der Waals surface area contributed by atoms with Crippen molar-refractivity contribution in [1.82, 2.24) is 0 Å². The molecule has 0 saturated carbocycles. The number of hydrogen-bond acceptors (Lipinski definition) is 7. The zero-order valence-electron chi connectivity index (χ0n) is 19.4. The molecule has 2 saturated heterocycles. The molecule has 0 aromatic heterocycles. The van der Waals surface area contributed by atoms with Crippen molar-refractivity contribution in [1.29, 1.82) is 0 Å². The van der Waals surface area contributed by atoms with Crippen LogP contribution in [0.25, 0.3) is 0 Å². The normalized spacial score (nSPS) is 20.8. The molecule has 0 amide bonds. The van der Waals surface area contributed by atoms with E-state index in [1.807, 2.05) is 62.4 Å². The molecule has 2 aromatic carbocycles. The first-order valence-corrected chi connectivity index (χ1v) is 11.8.